The lowest BCUT2D eigenvalue weighted by Crippen LogP contribution is -2.49. The summed E-state index contributed by atoms with van der Waals surface area (Å²) in [5.74, 6) is 0.121. The molecule has 1 aromatic rings. The summed E-state index contributed by atoms with van der Waals surface area (Å²) in [6.07, 6.45) is 5.69. The van der Waals surface area contributed by atoms with E-state index in [0.717, 1.165) is 64.2 Å². The van der Waals surface area contributed by atoms with Crippen molar-refractivity contribution in [3.05, 3.63) is 29.1 Å². The molecule has 0 aromatic carbocycles. The van der Waals surface area contributed by atoms with Gasteiger partial charge in [0, 0.05) is 51.0 Å². The first-order valence-corrected chi connectivity index (χ1v) is 9.04. The van der Waals surface area contributed by atoms with E-state index in [0.29, 0.717) is 11.7 Å². The van der Waals surface area contributed by atoms with Crippen LogP contribution in [0.5, 0.6) is 0 Å². The van der Waals surface area contributed by atoms with E-state index in [4.69, 9.17) is 0 Å². The number of hydrogen-bond donors (Lipinski definition) is 1. The summed E-state index contributed by atoms with van der Waals surface area (Å²) in [4.78, 5) is 22.0. The number of pyridine rings is 1. The number of hydrogen-bond acceptors (Lipinski definition) is 4. The Balaban J connectivity index is 0.00000169. The predicted molar refractivity (Wildman–Crippen MR) is 96.9 cm³/mol. The molecule has 132 valence electrons. The van der Waals surface area contributed by atoms with Gasteiger partial charge in [-0.25, -0.2) is 4.98 Å². The van der Waals surface area contributed by atoms with Crippen LogP contribution < -0.4 is 5.32 Å². The van der Waals surface area contributed by atoms with Crippen molar-refractivity contribution in [2.75, 3.05) is 39.3 Å². The first-order valence-electron chi connectivity index (χ1n) is 9.04. The van der Waals surface area contributed by atoms with E-state index >= 15 is 0 Å². The molecule has 1 amide bonds. The monoisotopic (exact) mass is 350 g/mol. The number of fused-ring (bicyclic) bond motifs is 1. The predicted octanol–water partition coefficient (Wildman–Crippen LogP) is 1.50. The van der Waals surface area contributed by atoms with Gasteiger partial charge in [0.2, 0.25) is 0 Å². The first-order chi connectivity index (χ1) is 11.3. The van der Waals surface area contributed by atoms with Crippen molar-refractivity contribution in [2.24, 2.45) is 0 Å². The van der Waals surface area contributed by atoms with Crippen molar-refractivity contribution in [1.29, 1.82) is 0 Å². The van der Waals surface area contributed by atoms with E-state index < -0.39 is 0 Å². The highest BCUT2D eigenvalue weighted by Crippen LogP contribution is 2.22. The van der Waals surface area contributed by atoms with Crippen molar-refractivity contribution in [3.8, 4) is 0 Å². The van der Waals surface area contributed by atoms with E-state index in [1.54, 1.807) is 0 Å². The Bertz CT molecular complexity index is 588. The molecule has 1 atom stereocenters. The zero-order chi connectivity index (χ0) is 15.6. The molecule has 0 saturated carbocycles. The van der Waals surface area contributed by atoms with Crippen LogP contribution in [0.15, 0.2) is 12.1 Å². The maximum atomic E-state index is 12.8. The van der Waals surface area contributed by atoms with Crippen molar-refractivity contribution < 1.29 is 4.79 Å². The number of rotatable bonds is 2. The van der Waals surface area contributed by atoms with Gasteiger partial charge in [-0.05, 0) is 43.7 Å². The lowest BCUT2D eigenvalue weighted by Gasteiger charge is -2.32. The smallest absolute Gasteiger partial charge is 0.272 e. The summed E-state index contributed by atoms with van der Waals surface area (Å²) in [6.45, 7) is 6.06. The number of piperazine rings is 1. The molecule has 1 aliphatic carbocycles. The fourth-order valence-corrected chi connectivity index (χ4v) is 4.13. The second kappa shape index (κ2) is 7.81. The minimum absolute atomic E-state index is 0. The summed E-state index contributed by atoms with van der Waals surface area (Å²) in [5, 5.41) is 3.39. The third-order valence-corrected chi connectivity index (χ3v) is 5.52. The normalized spacial score (nSPS) is 24.3. The fourth-order valence-electron chi connectivity index (χ4n) is 4.13. The van der Waals surface area contributed by atoms with Crippen LogP contribution in [-0.2, 0) is 12.8 Å². The molecule has 3 aliphatic rings. The van der Waals surface area contributed by atoms with Crippen LogP contribution in [0.2, 0.25) is 0 Å². The molecule has 6 heteroatoms. The third-order valence-electron chi connectivity index (χ3n) is 5.52. The van der Waals surface area contributed by atoms with Crippen molar-refractivity contribution in [2.45, 2.75) is 38.1 Å². The number of aromatic nitrogens is 1. The Morgan fingerprint density at radius 2 is 1.92 bits per heavy atom. The summed E-state index contributed by atoms with van der Waals surface area (Å²) >= 11 is 0. The average molecular weight is 351 g/mol. The molecule has 5 nitrogen and oxygen atoms in total. The molecule has 1 aromatic heterocycles. The van der Waals surface area contributed by atoms with Gasteiger partial charge in [0.05, 0.1) is 0 Å². The number of nitrogens with one attached hydrogen (secondary N) is 1. The highest BCUT2D eigenvalue weighted by molar-refractivity contribution is 5.92. The topological polar surface area (TPSA) is 48.5 Å². The lowest BCUT2D eigenvalue weighted by molar-refractivity contribution is 0.0767. The zero-order valence-corrected chi connectivity index (χ0v) is 15.0. The largest absolute Gasteiger partial charge is 0.336 e. The zero-order valence-electron chi connectivity index (χ0n) is 14.2. The van der Waals surface area contributed by atoms with Crippen LogP contribution in [0.25, 0.3) is 0 Å². The van der Waals surface area contributed by atoms with Gasteiger partial charge in [0.1, 0.15) is 5.69 Å². The number of likely N-dealkylation sites (tertiary alicyclic amines) is 1. The Hall–Kier alpha value is -1.17. The van der Waals surface area contributed by atoms with Crippen LogP contribution in [0.3, 0.4) is 0 Å². The molecule has 0 bridgehead atoms. The molecule has 1 unspecified atom stereocenters. The molecule has 2 fully saturated rings. The van der Waals surface area contributed by atoms with Gasteiger partial charge < -0.3 is 10.2 Å². The van der Waals surface area contributed by atoms with Gasteiger partial charge >= 0.3 is 0 Å². The van der Waals surface area contributed by atoms with Crippen LogP contribution in [0.4, 0.5) is 0 Å². The van der Waals surface area contributed by atoms with E-state index in [-0.39, 0.29) is 18.3 Å². The van der Waals surface area contributed by atoms with Crippen molar-refractivity contribution in [3.63, 3.8) is 0 Å². The fraction of sp³-hybridized carbons (Fsp3) is 0.667. The number of amides is 1. The Morgan fingerprint density at radius 3 is 2.75 bits per heavy atom. The molecule has 4 rings (SSSR count). The number of halogens is 1. The van der Waals surface area contributed by atoms with E-state index in [9.17, 15) is 4.79 Å². The Morgan fingerprint density at radius 1 is 1.12 bits per heavy atom. The molecule has 0 spiro atoms. The second-order valence-electron chi connectivity index (χ2n) is 6.99. The Labute approximate surface area is 150 Å². The minimum atomic E-state index is 0. The maximum absolute atomic E-state index is 12.8. The summed E-state index contributed by atoms with van der Waals surface area (Å²) in [5.41, 5.74) is 3.14. The average Bonchev–Trinajstić information content (AvgIpc) is 3.11. The molecule has 24 heavy (non-hydrogen) atoms. The molecule has 2 saturated heterocycles. The van der Waals surface area contributed by atoms with Gasteiger partial charge in [0.25, 0.3) is 5.91 Å². The van der Waals surface area contributed by atoms with E-state index in [1.807, 2.05) is 11.0 Å². The first kappa shape index (κ1) is 17.6. The molecular weight excluding hydrogens is 324 g/mol. The van der Waals surface area contributed by atoms with E-state index in [2.05, 4.69) is 21.3 Å². The van der Waals surface area contributed by atoms with Crippen LogP contribution in [-0.4, -0.2) is 66.0 Å². The number of carbonyl (C=O) groups excluding carboxylic acids is 1. The van der Waals surface area contributed by atoms with Gasteiger partial charge in [-0.1, -0.05) is 6.07 Å². The molecule has 2 aliphatic heterocycles. The van der Waals surface area contributed by atoms with Gasteiger partial charge in [0.15, 0.2) is 0 Å². The van der Waals surface area contributed by atoms with Gasteiger partial charge in [-0.3, -0.25) is 9.69 Å². The van der Waals surface area contributed by atoms with Crippen molar-refractivity contribution in [1.82, 2.24) is 20.1 Å². The highest BCUT2D eigenvalue weighted by Gasteiger charge is 2.32. The van der Waals surface area contributed by atoms with Crippen molar-refractivity contribution >= 4 is 18.3 Å². The van der Waals surface area contributed by atoms with Gasteiger partial charge in [-0.2, -0.15) is 0 Å². The lowest BCUT2D eigenvalue weighted by atomic mass is 9.96. The number of nitrogens with zero attached hydrogens (tertiary/aromatic N) is 3. The summed E-state index contributed by atoms with van der Waals surface area (Å²) in [7, 11) is 0. The van der Waals surface area contributed by atoms with Crippen LogP contribution in [0.1, 0.15) is 41.0 Å². The SMILES string of the molecule is Cl.O=C(c1ccc2c(n1)CCCC2)N1CCC(N2CCNCC2)C1. The molecule has 0 radical (unpaired) electrons. The van der Waals surface area contributed by atoms with E-state index in [1.165, 1.54) is 18.4 Å². The maximum Gasteiger partial charge on any atom is 0.272 e. The van der Waals surface area contributed by atoms with Gasteiger partial charge in [-0.15, -0.1) is 12.4 Å². The molecule has 3 heterocycles. The number of carbonyl (C=O) groups is 1. The van der Waals surface area contributed by atoms with Crippen LogP contribution in [0, 0.1) is 0 Å². The molecular formula is C18H27ClN4O. The minimum Gasteiger partial charge on any atom is -0.336 e. The van der Waals surface area contributed by atoms with Crippen LogP contribution >= 0.6 is 12.4 Å². The molecule has 1 N–H and O–H groups in total. The standard InChI is InChI=1S/C18H26N4O.ClH/c23-18(17-6-5-14-3-1-2-4-16(14)20-17)22-10-7-15(13-22)21-11-8-19-9-12-21;/h5-6,15,19H,1-4,7-13H2;1H. The highest BCUT2D eigenvalue weighted by atomic mass is 35.5. The number of aryl methyl sites for hydroxylation is 2. The summed E-state index contributed by atoms with van der Waals surface area (Å²) in [6, 6.07) is 4.59. The quantitative estimate of drug-likeness (QED) is 0.878. The Kier molecular flexibility index (Phi) is 5.74. The second-order valence-corrected chi connectivity index (χ2v) is 6.99. The summed E-state index contributed by atoms with van der Waals surface area (Å²) < 4.78 is 0. The third kappa shape index (κ3) is 3.58.